The summed E-state index contributed by atoms with van der Waals surface area (Å²) in [5, 5.41) is 0. The van der Waals surface area contributed by atoms with E-state index in [0.29, 0.717) is 11.4 Å². The van der Waals surface area contributed by atoms with Gasteiger partial charge in [-0.15, -0.1) is 12.4 Å². The first-order chi connectivity index (χ1) is 10.2. The van der Waals surface area contributed by atoms with Crippen molar-refractivity contribution in [3.8, 4) is 17.2 Å². The Morgan fingerprint density at radius 1 is 0.773 bits per heavy atom. The molecule has 2 rings (SSSR count). The Morgan fingerprint density at radius 3 is 1.86 bits per heavy atom. The lowest BCUT2D eigenvalue weighted by Crippen LogP contribution is -1.92. The Bertz CT molecular complexity index is 634. The fraction of sp³-hybridized carbons (Fsp3) is 0.176. The van der Waals surface area contributed by atoms with Crippen LogP contribution in [-0.2, 0) is 0 Å². The lowest BCUT2D eigenvalue weighted by atomic mass is 10.1. The van der Waals surface area contributed by atoms with Gasteiger partial charge in [0.05, 0.1) is 27.0 Å². The number of anilines is 1. The van der Waals surface area contributed by atoms with Crippen LogP contribution in [0.1, 0.15) is 11.1 Å². The van der Waals surface area contributed by atoms with Gasteiger partial charge < -0.3 is 19.9 Å². The Kier molecular flexibility index (Phi) is 6.60. The number of hydrogen-bond donors (Lipinski definition) is 1. The standard InChI is InChI=1S/C17H19NO3.ClH/c1-19-14-8-13(9-15(11-14)20-2)5-4-12-6-7-17(21-3)16(18)10-12;/h4-11H,18H2,1-3H3;1H/b5-4-;. The molecule has 0 aliphatic heterocycles. The first kappa shape index (κ1) is 17.7. The minimum Gasteiger partial charge on any atom is -0.497 e. The summed E-state index contributed by atoms with van der Waals surface area (Å²) in [5.74, 6) is 2.18. The Labute approximate surface area is 136 Å². The van der Waals surface area contributed by atoms with Crippen molar-refractivity contribution >= 4 is 30.2 Å². The summed E-state index contributed by atoms with van der Waals surface area (Å²) in [4.78, 5) is 0. The van der Waals surface area contributed by atoms with Crippen LogP contribution in [0.3, 0.4) is 0 Å². The lowest BCUT2D eigenvalue weighted by molar-refractivity contribution is 0.394. The van der Waals surface area contributed by atoms with Crippen LogP contribution in [0.25, 0.3) is 12.2 Å². The third-order valence-corrected chi connectivity index (χ3v) is 3.10. The van der Waals surface area contributed by atoms with Crippen molar-refractivity contribution in [1.82, 2.24) is 0 Å². The third kappa shape index (κ3) is 4.33. The summed E-state index contributed by atoms with van der Waals surface area (Å²) < 4.78 is 15.6. The molecule has 0 aliphatic carbocycles. The number of nitrogens with two attached hydrogens (primary N) is 1. The van der Waals surface area contributed by atoms with Crippen molar-refractivity contribution in [1.29, 1.82) is 0 Å². The van der Waals surface area contributed by atoms with Gasteiger partial charge >= 0.3 is 0 Å². The highest BCUT2D eigenvalue weighted by Gasteiger charge is 2.01. The maximum atomic E-state index is 5.89. The van der Waals surface area contributed by atoms with Crippen LogP contribution in [0.15, 0.2) is 36.4 Å². The van der Waals surface area contributed by atoms with Gasteiger partial charge in [0.2, 0.25) is 0 Å². The SMILES string of the molecule is COc1cc(/C=C\c2ccc(OC)c(N)c2)cc(OC)c1.Cl. The maximum Gasteiger partial charge on any atom is 0.141 e. The second-order valence-electron chi connectivity index (χ2n) is 4.48. The summed E-state index contributed by atoms with van der Waals surface area (Å²) >= 11 is 0. The molecule has 4 nitrogen and oxygen atoms in total. The highest BCUT2D eigenvalue weighted by molar-refractivity contribution is 5.85. The molecule has 0 fully saturated rings. The average molecular weight is 322 g/mol. The van der Waals surface area contributed by atoms with Gasteiger partial charge in [-0.1, -0.05) is 18.2 Å². The van der Waals surface area contributed by atoms with E-state index in [1.165, 1.54) is 0 Å². The van der Waals surface area contributed by atoms with Gasteiger partial charge in [-0.25, -0.2) is 0 Å². The Hall–Kier alpha value is -2.33. The predicted octanol–water partition coefficient (Wildman–Crippen LogP) is 3.89. The summed E-state index contributed by atoms with van der Waals surface area (Å²) in [7, 11) is 4.86. The molecule has 2 N–H and O–H groups in total. The minimum atomic E-state index is 0. The number of nitrogen functional groups attached to an aromatic ring is 1. The van der Waals surface area contributed by atoms with Crippen LogP contribution >= 0.6 is 12.4 Å². The molecule has 0 spiro atoms. The Morgan fingerprint density at radius 2 is 1.36 bits per heavy atom. The number of hydrogen-bond acceptors (Lipinski definition) is 4. The summed E-state index contributed by atoms with van der Waals surface area (Å²) in [5.41, 5.74) is 8.49. The zero-order chi connectivity index (χ0) is 15.2. The molecule has 0 aliphatic rings. The topological polar surface area (TPSA) is 53.7 Å². The molecule has 2 aromatic carbocycles. The molecule has 0 amide bonds. The van der Waals surface area contributed by atoms with Crippen molar-refractivity contribution in [3.05, 3.63) is 47.5 Å². The molecular weight excluding hydrogens is 302 g/mol. The molecule has 118 valence electrons. The van der Waals surface area contributed by atoms with Gasteiger partial charge in [-0.3, -0.25) is 0 Å². The van der Waals surface area contributed by atoms with E-state index in [1.807, 2.05) is 48.6 Å². The van der Waals surface area contributed by atoms with E-state index in [4.69, 9.17) is 19.9 Å². The molecule has 0 atom stereocenters. The largest absolute Gasteiger partial charge is 0.497 e. The molecule has 0 heterocycles. The number of ether oxygens (including phenoxy) is 3. The van der Waals surface area contributed by atoms with Crippen LogP contribution in [0.2, 0.25) is 0 Å². The summed E-state index contributed by atoms with van der Waals surface area (Å²) in [6.07, 6.45) is 3.95. The molecule has 22 heavy (non-hydrogen) atoms. The lowest BCUT2D eigenvalue weighted by Gasteiger charge is -2.06. The number of halogens is 1. The highest BCUT2D eigenvalue weighted by Crippen LogP contribution is 2.25. The van der Waals surface area contributed by atoms with Gasteiger partial charge in [0.1, 0.15) is 17.2 Å². The van der Waals surface area contributed by atoms with Gasteiger partial charge in [-0.2, -0.15) is 0 Å². The molecule has 2 aromatic rings. The van der Waals surface area contributed by atoms with Crippen molar-refractivity contribution in [3.63, 3.8) is 0 Å². The molecule has 0 saturated heterocycles. The van der Waals surface area contributed by atoms with Crippen LogP contribution < -0.4 is 19.9 Å². The quantitative estimate of drug-likeness (QED) is 0.670. The Balaban J connectivity index is 0.00000242. The molecule has 0 saturated carbocycles. The second kappa shape index (κ2) is 8.20. The zero-order valence-electron chi connectivity index (χ0n) is 12.8. The highest BCUT2D eigenvalue weighted by atomic mass is 35.5. The molecule has 0 aromatic heterocycles. The van der Waals surface area contributed by atoms with Crippen LogP contribution in [0, 0.1) is 0 Å². The molecule has 5 heteroatoms. The molecule has 0 radical (unpaired) electrons. The van der Waals surface area contributed by atoms with E-state index in [0.717, 1.165) is 22.6 Å². The smallest absolute Gasteiger partial charge is 0.141 e. The van der Waals surface area contributed by atoms with E-state index in [1.54, 1.807) is 21.3 Å². The minimum absolute atomic E-state index is 0. The maximum absolute atomic E-state index is 5.89. The van der Waals surface area contributed by atoms with Gasteiger partial charge in [0.15, 0.2) is 0 Å². The van der Waals surface area contributed by atoms with Crippen LogP contribution in [0.5, 0.6) is 17.2 Å². The van der Waals surface area contributed by atoms with E-state index in [9.17, 15) is 0 Å². The van der Waals surface area contributed by atoms with E-state index in [-0.39, 0.29) is 12.4 Å². The first-order valence-electron chi connectivity index (χ1n) is 6.51. The van der Waals surface area contributed by atoms with E-state index >= 15 is 0 Å². The molecule has 0 bridgehead atoms. The van der Waals surface area contributed by atoms with Crippen molar-refractivity contribution < 1.29 is 14.2 Å². The van der Waals surface area contributed by atoms with Crippen molar-refractivity contribution in [2.45, 2.75) is 0 Å². The second-order valence-corrected chi connectivity index (χ2v) is 4.48. The number of rotatable bonds is 5. The van der Waals surface area contributed by atoms with Crippen molar-refractivity contribution in [2.24, 2.45) is 0 Å². The fourth-order valence-corrected chi connectivity index (χ4v) is 1.97. The predicted molar refractivity (Wildman–Crippen MR) is 93.1 cm³/mol. The summed E-state index contributed by atoms with van der Waals surface area (Å²) in [6, 6.07) is 11.4. The summed E-state index contributed by atoms with van der Waals surface area (Å²) in [6.45, 7) is 0. The number of methoxy groups -OCH3 is 3. The monoisotopic (exact) mass is 321 g/mol. The van der Waals surface area contributed by atoms with Gasteiger partial charge in [0, 0.05) is 6.07 Å². The third-order valence-electron chi connectivity index (χ3n) is 3.10. The van der Waals surface area contributed by atoms with Gasteiger partial charge in [0.25, 0.3) is 0 Å². The van der Waals surface area contributed by atoms with Crippen LogP contribution in [-0.4, -0.2) is 21.3 Å². The fourth-order valence-electron chi connectivity index (χ4n) is 1.97. The van der Waals surface area contributed by atoms with Gasteiger partial charge in [-0.05, 0) is 35.4 Å². The normalized spacial score (nSPS) is 10.1. The zero-order valence-corrected chi connectivity index (χ0v) is 13.6. The average Bonchev–Trinajstić information content (AvgIpc) is 2.52. The van der Waals surface area contributed by atoms with E-state index < -0.39 is 0 Å². The molecule has 0 unspecified atom stereocenters. The molecular formula is C17H20ClNO3. The number of benzene rings is 2. The van der Waals surface area contributed by atoms with E-state index in [2.05, 4.69) is 0 Å². The van der Waals surface area contributed by atoms with Crippen LogP contribution in [0.4, 0.5) is 5.69 Å². The van der Waals surface area contributed by atoms with Crippen molar-refractivity contribution in [2.75, 3.05) is 27.1 Å². The first-order valence-corrected chi connectivity index (χ1v) is 6.51.